The number of aryl methyl sites for hydroxylation is 1. The number of nitrogens with zero attached hydrogens (tertiary/aromatic N) is 3. The van der Waals surface area contributed by atoms with Crippen molar-refractivity contribution in [3.05, 3.63) is 42.0 Å². The second-order valence-electron chi connectivity index (χ2n) is 4.11. The van der Waals surface area contributed by atoms with Gasteiger partial charge in [-0.25, -0.2) is 4.98 Å². The summed E-state index contributed by atoms with van der Waals surface area (Å²) in [6.07, 6.45) is 1.96. The summed E-state index contributed by atoms with van der Waals surface area (Å²) in [7, 11) is 1.82. The Morgan fingerprint density at radius 1 is 1.33 bits per heavy atom. The number of rotatable bonds is 5. The molecule has 0 fully saturated rings. The molecule has 2 rings (SSSR count). The summed E-state index contributed by atoms with van der Waals surface area (Å²) in [5, 5.41) is 3.96. The van der Waals surface area contributed by atoms with Gasteiger partial charge in [-0.15, -0.1) is 0 Å². The lowest BCUT2D eigenvalue weighted by Crippen LogP contribution is -2.04. The zero-order valence-corrected chi connectivity index (χ0v) is 10.5. The Bertz CT molecular complexity index is 531. The number of carbonyl (C=O) groups is 1. The third-order valence-corrected chi connectivity index (χ3v) is 2.55. The highest BCUT2D eigenvalue weighted by molar-refractivity contribution is 5.78. The monoisotopic (exact) mass is 245 g/mol. The molecule has 0 N–H and O–H groups in total. The van der Waals surface area contributed by atoms with Crippen molar-refractivity contribution in [2.24, 2.45) is 7.05 Å². The van der Waals surface area contributed by atoms with Crippen molar-refractivity contribution in [2.45, 2.75) is 20.0 Å². The van der Waals surface area contributed by atoms with E-state index in [4.69, 9.17) is 4.74 Å². The standard InChI is InChI=1S/C13H15N3O2/c1-10(17)7-11-3-5-12(6-4-11)18-8-13-14-9-15-16(13)2/h3-6,9H,7-8H2,1-2H3. The quantitative estimate of drug-likeness (QED) is 0.801. The summed E-state index contributed by atoms with van der Waals surface area (Å²) in [6, 6.07) is 7.50. The first-order valence-electron chi connectivity index (χ1n) is 5.69. The van der Waals surface area contributed by atoms with Crippen LogP contribution in [0.1, 0.15) is 18.3 Å². The van der Waals surface area contributed by atoms with Crippen LogP contribution >= 0.6 is 0 Å². The van der Waals surface area contributed by atoms with E-state index in [2.05, 4.69) is 10.1 Å². The fraction of sp³-hybridized carbons (Fsp3) is 0.308. The molecule has 0 aliphatic heterocycles. The molecule has 0 spiro atoms. The Labute approximate surface area is 105 Å². The van der Waals surface area contributed by atoms with Gasteiger partial charge in [0, 0.05) is 13.5 Å². The molecule has 0 amide bonds. The molecule has 2 aromatic rings. The highest BCUT2D eigenvalue weighted by Gasteiger charge is 2.02. The van der Waals surface area contributed by atoms with Crippen LogP contribution in [0, 0.1) is 0 Å². The van der Waals surface area contributed by atoms with Crippen molar-refractivity contribution >= 4 is 5.78 Å². The highest BCUT2D eigenvalue weighted by Crippen LogP contribution is 2.14. The van der Waals surface area contributed by atoms with Crippen LogP contribution in [0.5, 0.6) is 5.75 Å². The molecule has 5 nitrogen and oxygen atoms in total. The van der Waals surface area contributed by atoms with Gasteiger partial charge in [-0.2, -0.15) is 5.10 Å². The first-order chi connectivity index (χ1) is 8.65. The Morgan fingerprint density at radius 2 is 2.06 bits per heavy atom. The molecular weight excluding hydrogens is 230 g/mol. The van der Waals surface area contributed by atoms with Gasteiger partial charge in [-0.3, -0.25) is 9.48 Å². The number of aromatic nitrogens is 3. The summed E-state index contributed by atoms with van der Waals surface area (Å²) >= 11 is 0. The summed E-state index contributed by atoms with van der Waals surface area (Å²) in [4.78, 5) is 15.0. The third kappa shape index (κ3) is 3.16. The van der Waals surface area contributed by atoms with Crippen LogP contribution in [0.15, 0.2) is 30.6 Å². The number of Topliss-reactive ketones (excluding diaryl/α,β-unsaturated/α-hetero) is 1. The molecule has 94 valence electrons. The fourth-order valence-electron chi connectivity index (χ4n) is 1.59. The van der Waals surface area contributed by atoms with Gasteiger partial charge in [0.2, 0.25) is 0 Å². The average molecular weight is 245 g/mol. The highest BCUT2D eigenvalue weighted by atomic mass is 16.5. The maximum atomic E-state index is 11.0. The molecule has 0 saturated carbocycles. The number of hydrogen-bond donors (Lipinski definition) is 0. The van der Waals surface area contributed by atoms with Crippen molar-refractivity contribution in [1.82, 2.24) is 14.8 Å². The zero-order chi connectivity index (χ0) is 13.0. The SMILES string of the molecule is CC(=O)Cc1ccc(OCc2ncnn2C)cc1. The van der Waals surface area contributed by atoms with Crippen LogP contribution in [-0.2, 0) is 24.9 Å². The van der Waals surface area contributed by atoms with Gasteiger partial charge in [-0.05, 0) is 24.6 Å². The molecule has 0 aliphatic carbocycles. The zero-order valence-electron chi connectivity index (χ0n) is 10.5. The minimum absolute atomic E-state index is 0.155. The molecule has 0 unspecified atom stereocenters. The molecule has 0 saturated heterocycles. The van der Waals surface area contributed by atoms with Gasteiger partial charge in [0.15, 0.2) is 5.82 Å². The summed E-state index contributed by atoms with van der Waals surface area (Å²) < 4.78 is 7.25. The Morgan fingerprint density at radius 3 is 2.61 bits per heavy atom. The van der Waals surface area contributed by atoms with Crippen LogP contribution in [0.25, 0.3) is 0 Å². The van der Waals surface area contributed by atoms with Gasteiger partial charge in [-0.1, -0.05) is 12.1 Å². The van der Waals surface area contributed by atoms with Crippen molar-refractivity contribution in [2.75, 3.05) is 0 Å². The van der Waals surface area contributed by atoms with E-state index in [1.807, 2.05) is 31.3 Å². The first kappa shape index (κ1) is 12.3. The number of ketones is 1. The van der Waals surface area contributed by atoms with Crippen molar-refractivity contribution in [1.29, 1.82) is 0 Å². The molecule has 0 bridgehead atoms. The van der Waals surface area contributed by atoms with Gasteiger partial charge >= 0.3 is 0 Å². The summed E-state index contributed by atoms with van der Waals surface area (Å²) in [5.41, 5.74) is 0.994. The lowest BCUT2D eigenvalue weighted by Gasteiger charge is -2.06. The number of carbonyl (C=O) groups excluding carboxylic acids is 1. The van der Waals surface area contributed by atoms with Crippen molar-refractivity contribution < 1.29 is 9.53 Å². The Hall–Kier alpha value is -2.17. The van der Waals surface area contributed by atoms with Gasteiger partial charge in [0.25, 0.3) is 0 Å². The molecule has 1 heterocycles. The molecule has 0 atom stereocenters. The fourth-order valence-corrected chi connectivity index (χ4v) is 1.59. The first-order valence-corrected chi connectivity index (χ1v) is 5.69. The van der Waals surface area contributed by atoms with Crippen LogP contribution in [-0.4, -0.2) is 20.5 Å². The van der Waals surface area contributed by atoms with E-state index in [1.165, 1.54) is 6.33 Å². The second kappa shape index (κ2) is 5.44. The summed E-state index contributed by atoms with van der Waals surface area (Å²) in [5.74, 6) is 1.68. The molecule has 5 heteroatoms. The van der Waals surface area contributed by atoms with Crippen LogP contribution in [0.2, 0.25) is 0 Å². The second-order valence-corrected chi connectivity index (χ2v) is 4.11. The van der Waals surface area contributed by atoms with Crippen molar-refractivity contribution in [3.8, 4) is 5.75 Å². The van der Waals surface area contributed by atoms with Crippen LogP contribution < -0.4 is 4.74 Å². The van der Waals surface area contributed by atoms with E-state index in [0.29, 0.717) is 13.0 Å². The van der Waals surface area contributed by atoms with Crippen LogP contribution in [0.3, 0.4) is 0 Å². The topological polar surface area (TPSA) is 57.0 Å². The molecule has 0 aliphatic rings. The minimum atomic E-state index is 0.155. The van der Waals surface area contributed by atoms with Gasteiger partial charge in [0.1, 0.15) is 24.5 Å². The lowest BCUT2D eigenvalue weighted by molar-refractivity contribution is -0.116. The molecule has 1 aromatic carbocycles. The van der Waals surface area contributed by atoms with E-state index >= 15 is 0 Å². The van der Waals surface area contributed by atoms with E-state index in [9.17, 15) is 4.79 Å². The van der Waals surface area contributed by atoms with E-state index in [1.54, 1.807) is 11.6 Å². The van der Waals surface area contributed by atoms with E-state index in [-0.39, 0.29) is 5.78 Å². The normalized spacial score (nSPS) is 10.3. The molecule has 0 radical (unpaired) electrons. The molecular formula is C13H15N3O2. The number of ether oxygens (including phenoxy) is 1. The Kier molecular flexibility index (Phi) is 3.72. The summed E-state index contributed by atoms with van der Waals surface area (Å²) in [6.45, 7) is 1.96. The largest absolute Gasteiger partial charge is 0.486 e. The van der Waals surface area contributed by atoms with E-state index < -0.39 is 0 Å². The van der Waals surface area contributed by atoms with E-state index in [0.717, 1.165) is 17.1 Å². The number of hydrogen-bond acceptors (Lipinski definition) is 4. The van der Waals surface area contributed by atoms with Gasteiger partial charge in [0.05, 0.1) is 0 Å². The molecule has 1 aromatic heterocycles. The lowest BCUT2D eigenvalue weighted by atomic mass is 10.1. The number of benzene rings is 1. The van der Waals surface area contributed by atoms with Crippen molar-refractivity contribution in [3.63, 3.8) is 0 Å². The van der Waals surface area contributed by atoms with Gasteiger partial charge < -0.3 is 4.74 Å². The smallest absolute Gasteiger partial charge is 0.164 e. The Balaban J connectivity index is 1.94. The third-order valence-electron chi connectivity index (χ3n) is 2.55. The maximum Gasteiger partial charge on any atom is 0.164 e. The minimum Gasteiger partial charge on any atom is -0.486 e. The average Bonchev–Trinajstić information content (AvgIpc) is 2.73. The predicted molar refractivity (Wildman–Crippen MR) is 66.2 cm³/mol. The predicted octanol–water partition coefficient (Wildman–Crippen LogP) is 1.53. The van der Waals surface area contributed by atoms with Crippen LogP contribution in [0.4, 0.5) is 0 Å². The maximum absolute atomic E-state index is 11.0. The molecule has 18 heavy (non-hydrogen) atoms.